The van der Waals surface area contributed by atoms with E-state index in [0.717, 1.165) is 64.2 Å². The molecule has 0 spiro atoms. The zero-order valence-corrected chi connectivity index (χ0v) is 26.8. The second kappa shape index (κ2) is 28.0. The van der Waals surface area contributed by atoms with Gasteiger partial charge >= 0.3 is 5.97 Å². The zero-order valence-electron chi connectivity index (χ0n) is 26.8. The van der Waals surface area contributed by atoms with Gasteiger partial charge in [-0.15, -0.1) is 0 Å². The van der Waals surface area contributed by atoms with Crippen molar-refractivity contribution in [3.8, 4) is 0 Å². The molecule has 3 nitrogen and oxygen atoms in total. The predicted octanol–water partition coefficient (Wildman–Crippen LogP) is 11.6. The van der Waals surface area contributed by atoms with Crippen molar-refractivity contribution in [3.63, 3.8) is 0 Å². The predicted molar refractivity (Wildman–Crippen MR) is 169 cm³/mol. The first-order valence-electron chi connectivity index (χ1n) is 17.5. The van der Waals surface area contributed by atoms with E-state index in [1.165, 1.54) is 109 Å². The highest BCUT2D eigenvalue weighted by Crippen LogP contribution is 2.29. The van der Waals surface area contributed by atoms with Gasteiger partial charge < -0.3 is 10.5 Å². The van der Waals surface area contributed by atoms with Crippen LogP contribution in [-0.4, -0.2) is 17.6 Å². The number of hydrogen-bond acceptors (Lipinski definition) is 3. The fraction of sp³-hybridized carbons (Fsp3) is 0.971. The van der Waals surface area contributed by atoms with Gasteiger partial charge in [0, 0.05) is 6.42 Å². The molecule has 0 saturated carbocycles. The highest BCUT2D eigenvalue weighted by molar-refractivity contribution is 5.69. The molecule has 1 unspecified atom stereocenters. The van der Waals surface area contributed by atoms with Crippen LogP contribution < -0.4 is 5.73 Å². The van der Waals surface area contributed by atoms with Crippen molar-refractivity contribution >= 4 is 5.97 Å². The number of ether oxygens (including phenoxy) is 1. The third-order valence-electron chi connectivity index (χ3n) is 8.46. The smallest absolute Gasteiger partial charge is 0.306 e. The van der Waals surface area contributed by atoms with Gasteiger partial charge in [0.15, 0.2) is 0 Å². The standard InChI is InChI=1S/C35H71NO2/c1-5-9-13-15-17-19-20-22-23-25-27-29-33(35(36,31-11-7-3)32-12-8-4)38-34(37)30-28-26-24-21-18-16-14-10-6-2/h33H,5-32,36H2,1-4H3. The maximum absolute atomic E-state index is 12.9. The average molecular weight is 538 g/mol. The number of carbonyl (C=O) groups is 1. The Bertz CT molecular complexity index is 484. The van der Waals surface area contributed by atoms with E-state index in [-0.39, 0.29) is 17.6 Å². The molecular formula is C35H71NO2. The van der Waals surface area contributed by atoms with Crippen molar-refractivity contribution in [1.82, 2.24) is 0 Å². The van der Waals surface area contributed by atoms with Crippen LogP contribution in [0.1, 0.15) is 207 Å². The van der Waals surface area contributed by atoms with Crippen molar-refractivity contribution in [1.29, 1.82) is 0 Å². The molecular weight excluding hydrogens is 466 g/mol. The quantitative estimate of drug-likeness (QED) is 0.0732. The van der Waals surface area contributed by atoms with E-state index in [9.17, 15) is 4.79 Å². The molecule has 228 valence electrons. The summed E-state index contributed by atoms with van der Waals surface area (Å²) in [7, 11) is 0. The van der Waals surface area contributed by atoms with Crippen molar-refractivity contribution in [2.24, 2.45) is 5.73 Å². The molecule has 2 N–H and O–H groups in total. The molecule has 0 aliphatic carbocycles. The minimum absolute atomic E-state index is 0.0103. The van der Waals surface area contributed by atoms with Crippen LogP contribution in [0.2, 0.25) is 0 Å². The van der Waals surface area contributed by atoms with Crippen molar-refractivity contribution in [2.45, 2.75) is 219 Å². The Hall–Kier alpha value is -0.570. The normalized spacial score (nSPS) is 12.7. The maximum atomic E-state index is 12.9. The SMILES string of the molecule is CCCCCCCCCCCCCC(OC(=O)CCCCCCCCCCC)C(N)(CCCC)CCCC. The summed E-state index contributed by atoms with van der Waals surface area (Å²) in [6.07, 6.45) is 34.0. The number of esters is 1. The molecule has 0 heterocycles. The summed E-state index contributed by atoms with van der Waals surface area (Å²) in [5, 5.41) is 0. The number of unbranched alkanes of at least 4 members (excludes halogenated alkanes) is 20. The van der Waals surface area contributed by atoms with Crippen LogP contribution >= 0.6 is 0 Å². The lowest BCUT2D eigenvalue weighted by atomic mass is 9.80. The summed E-state index contributed by atoms with van der Waals surface area (Å²) in [6.45, 7) is 9.01. The molecule has 0 amide bonds. The second-order valence-electron chi connectivity index (χ2n) is 12.3. The lowest BCUT2D eigenvalue weighted by molar-refractivity contribution is -0.154. The highest BCUT2D eigenvalue weighted by Gasteiger charge is 2.36. The summed E-state index contributed by atoms with van der Waals surface area (Å²) in [5.41, 5.74) is 6.70. The number of hydrogen-bond donors (Lipinski definition) is 1. The molecule has 0 aromatic heterocycles. The number of rotatable bonds is 30. The van der Waals surface area contributed by atoms with Crippen LogP contribution in [0.5, 0.6) is 0 Å². The van der Waals surface area contributed by atoms with Crippen LogP contribution in [0.15, 0.2) is 0 Å². The zero-order chi connectivity index (χ0) is 28.2. The van der Waals surface area contributed by atoms with E-state index < -0.39 is 0 Å². The molecule has 3 heteroatoms. The molecule has 0 rings (SSSR count). The Balaban J connectivity index is 4.50. The minimum Gasteiger partial charge on any atom is -0.460 e. The topological polar surface area (TPSA) is 52.3 Å². The summed E-state index contributed by atoms with van der Waals surface area (Å²) < 4.78 is 6.21. The third kappa shape index (κ3) is 22.3. The van der Waals surface area contributed by atoms with Gasteiger partial charge in [-0.05, 0) is 32.1 Å². The van der Waals surface area contributed by atoms with Crippen LogP contribution in [0, 0.1) is 0 Å². The van der Waals surface area contributed by atoms with Crippen molar-refractivity contribution in [3.05, 3.63) is 0 Å². The molecule has 0 aromatic rings. The van der Waals surface area contributed by atoms with Crippen LogP contribution in [0.4, 0.5) is 0 Å². The van der Waals surface area contributed by atoms with E-state index in [4.69, 9.17) is 10.5 Å². The Morgan fingerprint density at radius 3 is 1.26 bits per heavy atom. The molecule has 1 atom stereocenters. The fourth-order valence-corrected chi connectivity index (χ4v) is 5.71. The summed E-state index contributed by atoms with van der Waals surface area (Å²) in [4.78, 5) is 12.9. The van der Waals surface area contributed by atoms with E-state index in [0.29, 0.717) is 6.42 Å². The van der Waals surface area contributed by atoms with Gasteiger partial charge in [0.1, 0.15) is 6.10 Å². The van der Waals surface area contributed by atoms with Crippen molar-refractivity contribution in [2.75, 3.05) is 0 Å². The molecule has 0 aromatic carbocycles. The first kappa shape index (κ1) is 37.4. The first-order chi connectivity index (χ1) is 18.5. The van der Waals surface area contributed by atoms with Crippen LogP contribution in [0.25, 0.3) is 0 Å². The molecule has 0 fully saturated rings. The number of carbonyl (C=O) groups excluding carboxylic acids is 1. The van der Waals surface area contributed by atoms with E-state index in [1.54, 1.807) is 0 Å². The molecule has 38 heavy (non-hydrogen) atoms. The summed E-state index contributed by atoms with van der Waals surface area (Å²) >= 11 is 0. The molecule has 0 aliphatic rings. The highest BCUT2D eigenvalue weighted by atomic mass is 16.5. The van der Waals surface area contributed by atoms with Crippen molar-refractivity contribution < 1.29 is 9.53 Å². The average Bonchev–Trinajstić information content (AvgIpc) is 2.92. The fourth-order valence-electron chi connectivity index (χ4n) is 5.71. The molecule has 0 radical (unpaired) electrons. The summed E-state index contributed by atoms with van der Waals surface area (Å²) in [5.74, 6) is -0.0103. The molecule has 0 bridgehead atoms. The molecule has 0 saturated heterocycles. The van der Waals surface area contributed by atoms with Gasteiger partial charge in [-0.2, -0.15) is 0 Å². The first-order valence-corrected chi connectivity index (χ1v) is 17.5. The third-order valence-corrected chi connectivity index (χ3v) is 8.46. The van der Waals surface area contributed by atoms with Crippen LogP contribution in [0.3, 0.4) is 0 Å². The Labute approximate surface area is 240 Å². The second-order valence-corrected chi connectivity index (χ2v) is 12.3. The van der Waals surface area contributed by atoms with Gasteiger partial charge in [-0.1, -0.05) is 169 Å². The lowest BCUT2D eigenvalue weighted by Gasteiger charge is -2.37. The Morgan fingerprint density at radius 1 is 0.526 bits per heavy atom. The Morgan fingerprint density at radius 2 is 0.868 bits per heavy atom. The van der Waals surface area contributed by atoms with Gasteiger partial charge in [0.05, 0.1) is 5.54 Å². The number of nitrogens with two attached hydrogens (primary N) is 1. The molecule has 0 aliphatic heterocycles. The summed E-state index contributed by atoms with van der Waals surface area (Å²) in [6, 6.07) is 0. The van der Waals surface area contributed by atoms with E-state index in [2.05, 4.69) is 27.7 Å². The van der Waals surface area contributed by atoms with Gasteiger partial charge in [0.2, 0.25) is 0 Å². The van der Waals surface area contributed by atoms with Crippen LogP contribution in [-0.2, 0) is 9.53 Å². The lowest BCUT2D eigenvalue weighted by Crippen LogP contribution is -2.52. The maximum Gasteiger partial charge on any atom is 0.306 e. The minimum atomic E-state index is -0.362. The van der Waals surface area contributed by atoms with Gasteiger partial charge in [0.25, 0.3) is 0 Å². The van der Waals surface area contributed by atoms with E-state index in [1.807, 2.05) is 0 Å². The van der Waals surface area contributed by atoms with E-state index >= 15 is 0 Å². The Kier molecular flexibility index (Phi) is 27.6. The monoisotopic (exact) mass is 538 g/mol. The van der Waals surface area contributed by atoms with Gasteiger partial charge in [-0.25, -0.2) is 0 Å². The largest absolute Gasteiger partial charge is 0.460 e. The van der Waals surface area contributed by atoms with Gasteiger partial charge in [-0.3, -0.25) is 4.79 Å².